The Hall–Kier alpha value is -1.78. The fraction of sp³-hybridized carbons (Fsp3) is 0.538. The Kier molecular flexibility index (Phi) is 3.15. The zero-order valence-electron chi connectivity index (χ0n) is 10.6. The standard InChI is InChI=1S/C13H17NO4/c1-9-6-10(7-18-9)11(15)14-5-3-4-13(2,8-14)12(16)17/h6-7H,3-5,8H2,1-2H3,(H,16,17). The van der Waals surface area contributed by atoms with Gasteiger partial charge < -0.3 is 14.4 Å². The van der Waals surface area contributed by atoms with Gasteiger partial charge in [0.25, 0.3) is 5.91 Å². The van der Waals surface area contributed by atoms with Gasteiger partial charge in [-0.15, -0.1) is 0 Å². The molecular weight excluding hydrogens is 234 g/mol. The fourth-order valence-electron chi connectivity index (χ4n) is 2.33. The van der Waals surface area contributed by atoms with E-state index in [1.54, 1.807) is 24.8 Å². The molecule has 2 rings (SSSR count). The van der Waals surface area contributed by atoms with Gasteiger partial charge in [-0.2, -0.15) is 0 Å². The lowest BCUT2D eigenvalue weighted by Gasteiger charge is -2.37. The first-order valence-electron chi connectivity index (χ1n) is 6.00. The number of hydrogen-bond acceptors (Lipinski definition) is 3. The number of hydrogen-bond donors (Lipinski definition) is 1. The maximum absolute atomic E-state index is 12.2. The van der Waals surface area contributed by atoms with Crippen LogP contribution >= 0.6 is 0 Å². The van der Waals surface area contributed by atoms with E-state index in [1.165, 1.54) is 6.26 Å². The van der Waals surface area contributed by atoms with Gasteiger partial charge in [0.2, 0.25) is 0 Å². The van der Waals surface area contributed by atoms with Crippen LogP contribution in [-0.2, 0) is 4.79 Å². The second-order valence-corrected chi connectivity index (χ2v) is 5.14. The molecule has 98 valence electrons. The number of furan rings is 1. The largest absolute Gasteiger partial charge is 0.481 e. The second-order valence-electron chi connectivity index (χ2n) is 5.14. The van der Waals surface area contributed by atoms with Crippen molar-refractivity contribution in [3.8, 4) is 0 Å². The predicted molar refractivity (Wildman–Crippen MR) is 64.3 cm³/mol. The highest BCUT2D eigenvalue weighted by Crippen LogP contribution is 2.30. The first kappa shape index (κ1) is 12.7. The first-order valence-corrected chi connectivity index (χ1v) is 6.00. The minimum Gasteiger partial charge on any atom is -0.481 e. The highest BCUT2D eigenvalue weighted by atomic mass is 16.4. The number of carboxylic acids is 1. The Labute approximate surface area is 105 Å². The zero-order chi connectivity index (χ0) is 13.3. The molecule has 1 N–H and O–H groups in total. The minimum atomic E-state index is -0.844. The van der Waals surface area contributed by atoms with Crippen molar-refractivity contribution in [2.75, 3.05) is 13.1 Å². The normalized spacial score (nSPS) is 24.0. The zero-order valence-corrected chi connectivity index (χ0v) is 10.6. The summed E-state index contributed by atoms with van der Waals surface area (Å²) in [5.41, 5.74) is -0.352. The Balaban J connectivity index is 2.14. The van der Waals surface area contributed by atoms with Gasteiger partial charge in [-0.25, -0.2) is 0 Å². The lowest BCUT2D eigenvalue weighted by molar-refractivity contribution is -0.150. The number of piperidine rings is 1. The van der Waals surface area contributed by atoms with Crippen molar-refractivity contribution in [2.45, 2.75) is 26.7 Å². The van der Waals surface area contributed by atoms with Crippen molar-refractivity contribution in [3.63, 3.8) is 0 Å². The van der Waals surface area contributed by atoms with Crippen LogP contribution in [0, 0.1) is 12.3 Å². The van der Waals surface area contributed by atoms with Crippen LogP contribution in [-0.4, -0.2) is 35.0 Å². The molecule has 0 aliphatic carbocycles. The van der Waals surface area contributed by atoms with Gasteiger partial charge in [-0.1, -0.05) is 0 Å². The summed E-state index contributed by atoms with van der Waals surface area (Å²) >= 11 is 0. The highest BCUT2D eigenvalue weighted by Gasteiger charge is 2.39. The van der Waals surface area contributed by atoms with Crippen molar-refractivity contribution >= 4 is 11.9 Å². The number of aryl methyl sites for hydroxylation is 1. The minimum absolute atomic E-state index is 0.154. The van der Waals surface area contributed by atoms with Crippen LogP contribution < -0.4 is 0 Å². The number of rotatable bonds is 2. The molecule has 2 heterocycles. The van der Waals surface area contributed by atoms with Gasteiger partial charge in [0.1, 0.15) is 12.0 Å². The van der Waals surface area contributed by atoms with Gasteiger partial charge in [-0.05, 0) is 32.8 Å². The molecule has 1 amide bonds. The van der Waals surface area contributed by atoms with Crippen LogP contribution in [0.2, 0.25) is 0 Å². The molecule has 5 heteroatoms. The number of carbonyl (C=O) groups excluding carboxylic acids is 1. The first-order chi connectivity index (χ1) is 8.42. The summed E-state index contributed by atoms with van der Waals surface area (Å²) in [5, 5.41) is 9.22. The molecule has 0 aromatic carbocycles. The Morgan fingerprint density at radius 2 is 2.22 bits per heavy atom. The molecule has 1 aromatic heterocycles. The smallest absolute Gasteiger partial charge is 0.311 e. The van der Waals surface area contributed by atoms with Crippen LogP contribution in [0.4, 0.5) is 0 Å². The maximum Gasteiger partial charge on any atom is 0.311 e. The van der Waals surface area contributed by atoms with Crippen LogP contribution in [0.25, 0.3) is 0 Å². The number of nitrogens with zero attached hydrogens (tertiary/aromatic N) is 1. The molecule has 1 unspecified atom stereocenters. The summed E-state index contributed by atoms with van der Waals surface area (Å²) in [7, 11) is 0. The maximum atomic E-state index is 12.2. The van der Waals surface area contributed by atoms with Crippen molar-refractivity contribution < 1.29 is 19.1 Å². The summed E-state index contributed by atoms with van der Waals surface area (Å²) in [6, 6.07) is 1.68. The molecule has 5 nitrogen and oxygen atoms in total. The lowest BCUT2D eigenvalue weighted by Crippen LogP contribution is -2.48. The molecular formula is C13H17NO4. The Bertz CT molecular complexity index is 479. The average molecular weight is 251 g/mol. The van der Waals surface area contributed by atoms with E-state index in [2.05, 4.69) is 0 Å². The molecule has 0 spiro atoms. The number of likely N-dealkylation sites (tertiary alicyclic amines) is 1. The van der Waals surface area contributed by atoms with E-state index in [1.807, 2.05) is 0 Å². The van der Waals surface area contributed by atoms with E-state index < -0.39 is 11.4 Å². The average Bonchev–Trinajstić information content (AvgIpc) is 2.75. The van der Waals surface area contributed by atoms with Gasteiger partial charge in [0, 0.05) is 13.1 Å². The molecule has 0 bridgehead atoms. The Morgan fingerprint density at radius 1 is 1.50 bits per heavy atom. The van der Waals surface area contributed by atoms with E-state index in [-0.39, 0.29) is 12.5 Å². The monoisotopic (exact) mass is 251 g/mol. The van der Waals surface area contributed by atoms with Crippen LogP contribution in [0.1, 0.15) is 35.9 Å². The fourth-order valence-corrected chi connectivity index (χ4v) is 2.33. The number of amides is 1. The van der Waals surface area contributed by atoms with Crippen LogP contribution in [0.3, 0.4) is 0 Å². The quantitative estimate of drug-likeness (QED) is 0.871. The summed E-state index contributed by atoms with van der Waals surface area (Å²) in [6.07, 6.45) is 2.74. The molecule has 1 atom stereocenters. The molecule has 18 heavy (non-hydrogen) atoms. The second kappa shape index (κ2) is 4.48. The van der Waals surface area contributed by atoms with E-state index in [0.717, 1.165) is 0 Å². The Morgan fingerprint density at radius 3 is 2.78 bits per heavy atom. The summed E-state index contributed by atoms with van der Waals surface area (Å²) in [6.45, 7) is 4.32. The molecule has 1 saturated heterocycles. The van der Waals surface area contributed by atoms with Crippen LogP contribution in [0.5, 0.6) is 0 Å². The molecule has 1 fully saturated rings. The third-order valence-corrected chi connectivity index (χ3v) is 3.48. The van der Waals surface area contributed by atoms with Crippen molar-refractivity contribution in [2.24, 2.45) is 5.41 Å². The molecule has 0 saturated carbocycles. The number of carboxylic acid groups (broad SMARTS) is 1. The summed E-state index contributed by atoms with van der Waals surface area (Å²) < 4.78 is 5.11. The molecule has 1 aliphatic rings. The van der Waals surface area contributed by atoms with E-state index in [0.29, 0.717) is 30.7 Å². The lowest BCUT2D eigenvalue weighted by atomic mass is 9.82. The highest BCUT2D eigenvalue weighted by molar-refractivity contribution is 5.94. The van der Waals surface area contributed by atoms with Gasteiger partial charge in [0.05, 0.1) is 11.0 Å². The van der Waals surface area contributed by atoms with Crippen molar-refractivity contribution in [3.05, 3.63) is 23.7 Å². The van der Waals surface area contributed by atoms with Crippen LogP contribution in [0.15, 0.2) is 16.7 Å². The topological polar surface area (TPSA) is 70.8 Å². The molecule has 1 aliphatic heterocycles. The van der Waals surface area contributed by atoms with Gasteiger partial charge >= 0.3 is 5.97 Å². The van der Waals surface area contributed by atoms with E-state index in [9.17, 15) is 14.7 Å². The third kappa shape index (κ3) is 2.25. The summed E-state index contributed by atoms with van der Waals surface area (Å²) in [4.78, 5) is 25.0. The van der Waals surface area contributed by atoms with Crippen molar-refractivity contribution in [1.82, 2.24) is 4.90 Å². The predicted octanol–water partition coefficient (Wildman–Crippen LogP) is 1.91. The van der Waals surface area contributed by atoms with E-state index >= 15 is 0 Å². The van der Waals surface area contributed by atoms with Gasteiger partial charge in [-0.3, -0.25) is 9.59 Å². The third-order valence-electron chi connectivity index (χ3n) is 3.48. The van der Waals surface area contributed by atoms with E-state index in [4.69, 9.17) is 4.42 Å². The molecule has 1 aromatic rings. The van der Waals surface area contributed by atoms with Gasteiger partial charge in [0.15, 0.2) is 0 Å². The molecule has 0 radical (unpaired) electrons. The number of aliphatic carboxylic acids is 1. The SMILES string of the molecule is Cc1cc(C(=O)N2CCCC(C)(C(=O)O)C2)co1. The number of carbonyl (C=O) groups is 2. The summed E-state index contributed by atoms with van der Waals surface area (Å²) in [5.74, 6) is -0.321. The van der Waals surface area contributed by atoms with Crippen molar-refractivity contribution in [1.29, 1.82) is 0 Å².